The largest absolute Gasteiger partial charge is 0.393 e. The summed E-state index contributed by atoms with van der Waals surface area (Å²) in [6.45, 7) is 4.55. The zero-order chi connectivity index (χ0) is 12.8. The molecule has 0 aromatic rings. The minimum absolute atomic E-state index is 0.538. The van der Waals surface area contributed by atoms with E-state index >= 15 is 0 Å². The predicted molar refractivity (Wildman–Crippen MR) is 79.3 cm³/mol. The van der Waals surface area contributed by atoms with Gasteiger partial charge in [0.25, 0.3) is 0 Å². The van der Waals surface area contributed by atoms with Crippen LogP contribution in [0.3, 0.4) is 0 Å². The molecule has 0 saturated heterocycles. The molecule has 1 unspecified atom stereocenters. The van der Waals surface area contributed by atoms with E-state index in [1.807, 2.05) is 0 Å². The molecule has 0 radical (unpaired) electrons. The minimum Gasteiger partial charge on any atom is -0.393 e. The van der Waals surface area contributed by atoms with Crippen molar-refractivity contribution in [1.82, 2.24) is 4.90 Å². The molecule has 0 aliphatic heterocycles. The van der Waals surface area contributed by atoms with Crippen molar-refractivity contribution < 1.29 is 0 Å². The Bertz CT molecular complexity index is 234. The van der Waals surface area contributed by atoms with Gasteiger partial charge in [0.15, 0.2) is 0 Å². The molecule has 0 aromatic carbocycles. The van der Waals surface area contributed by atoms with Crippen LogP contribution in [0.1, 0.15) is 58.8 Å². The third kappa shape index (κ3) is 4.55. The van der Waals surface area contributed by atoms with Gasteiger partial charge in [-0.2, -0.15) is 0 Å². The number of hydrogen-bond donors (Lipinski definition) is 1. The lowest BCUT2D eigenvalue weighted by atomic mass is 9.83. The minimum atomic E-state index is 0.538. The maximum absolute atomic E-state index is 5.68. The van der Waals surface area contributed by atoms with Gasteiger partial charge in [-0.25, -0.2) is 0 Å². The maximum atomic E-state index is 5.68. The van der Waals surface area contributed by atoms with Crippen LogP contribution in [-0.4, -0.2) is 29.0 Å². The number of rotatable bonds is 6. The molecule has 0 heterocycles. The quantitative estimate of drug-likeness (QED) is 0.739. The molecule has 100 valence electrons. The average Bonchev–Trinajstić information content (AvgIpc) is 2.35. The maximum Gasteiger partial charge on any atom is 0.0743 e. The Morgan fingerprint density at radius 1 is 1.29 bits per heavy atom. The highest BCUT2D eigenvalue weighted by molar-refractivity contribution is 7.80. The van der Waals surface area contributed by atoms with Gasteiger partial charge >= 0.3 is 0 Å². The molecule has 1 aliphatic carbocycles. The fourth-order valence-corrected chi connectivity index (χ4v) is 3.26. The molecule has 2 N–H and O–H groups in total. The first-order chi connectivity index (χ1) is 8.08. The molecule has 1 saturated carbocycles. The standard InChI is InChI=1S/C14H28N2S/c1-4-11-6-8-13(9-7-11)16(3)12(5-2)10-14(15)17/h11-13H,4-10H2,1-3H3,(H2,15,17). The highest BCUT2D eigenvalue weighted by Gasteiger charge is 2.26. The van der Waals surface area contributed by atoms with Gasteiger partial charge in [0.1, 0.15) is 0 Å². The van der Waals surface area contributed by atoms with Gasteiger partial charge in [-0.05, 0) is 45.1 Å². The van der Waals surface area contributed by atoms with E-state index in [9.17, 15) is 0 Å². The second-order valence-corrected chi connectivity index (χ2v) is 6.01. The van der Waals surface area contributed by atoms with Crippen molar-refractivity contribution in [3.8, 4) is 0 Å². The van der Waals surface area contributed by atoms with Crippen LogP contribution in [0, 0.1) is 5.92 Å². The first-order valence-electron chi connectivity index (χ1n) is 7.08. The SMILES string of the molecule is CCC1CCC(N(C)C(CC)CC(N)=S)CC1. The van der Waals surface area contributed by atoms with E-state index in [4.69, 9.17) is 18.0 Å². The van der Waals surface area contributed by atoms with E-state index in [2.05, 4.69) is 25.8 Å². The second-order valence-electron chi connectivity index (χ2n) is 5.48. The smallest absolute Gasteiger partial charge is 0.0743 e. The van der Waals surface area contributed by atoms with Crippen LogP contribution in [0.15, 0.2) is 0 Å². The zero-order valence-corrected chi connectivity index (χ0v) is 12.4. The second kappa shape index (κ2) is 7.32. The molecule has 0 amide bonds. The predicted octanol–water partition coefficient (Wildman–Crippen LogP) is 3.34. The summed E-state index contributed by atoms with van der Waals surface area (Å²) < 4.78 is 0. The molecular formula is C14H28N2S. The molecular weight excluding hydrogens is 228 g/mol. The van der Waals surface area contributed by atoms with Crippen LogP contribution >= 0.6 is 12.2 Å². The summed E-state index contributed by atoms with van der Waals surface area (Å²) in [6.07, 6.45) is 8.85. The molecule has 1 fully saturated rings. The molecule has 0 spiro atoms. The van der Waals surface area contributed by atoms with Crippen molar-refractivity contribution >= 4 is 17.2 Å². The summed E-state index contributed by atoms with van der Waals surface area (Å²) >= 11 is 5.05. The lowest BCUT2D eigenvalue weighted by molar-refractivity contribution is 0.119. The van der Waals surface area contributed by atoms with E-state index in [1.165, 1.54) is 32.1 Å². The Labute approximate surface area is 112 Å². The topological polar surface area (TPSA) is 29.3 Å². The van der Waals surface area contributed by atoms with E-state index < -0.39 is 0 Å². The van der Waals surface area contributed by atoms with Crippen LogP contribution < -0.4 is 5.73 Å². The van der Waals surface area contributed by atoms with E-state index in [0.717, 1.165) is 24.8 Å². The fraction of sp³-hybridized carbons (Fsp3) is 0.929. The van der Waals surface area contributed by atoms with Crippen LogP contribution in [0.2, 0.25) is 0 Å². The molecule has 1 atom stereocenters. The number of nitrogens with two attached hydrogens (primary N) is 1. The molecule has 0 bridgehead atoms. The Kier molecular flexibility index (Phi) is 6.42. The third-order valence-electron chi connectivity index (χ3n) is 4.45. The van der Waals surface area contributed by atoms with E-state index in [1.54, 1.807) is 0 Å². The van der Waals surface area contributed by atoms with Gasteiger partial charge in [-0.1, -0.05) is 32.5 Å². The first-order valence-corrected chi connectivity index (χ1v) is 7.49. The highest BCUT2D eigenvalue weighted by Crippen LogP contribution is 2.30. The first kappa shape index (κ1) is 14.9. The van der Waals surface area contributed by atoms with Crippen molar-refractivity contribution in [2.45, 2.75) is 70.9 Å². The normalized spacial score (nSPS) is 27.1. The van der Waals surface area contributed by atoms with Crippen molar-refractivity contribution in [1.29, 1.82) is 0 Å². The third-order valence-corrected chi connectivity index (χ3v) is 4.62. The van der Waals surface area contributed by atoms with Gasteiger partial charge in [-0.15, -0.1) is 0 Å². The van der Waals surface area contributed by atoms with Crippen LogP contribution in [0.5, 0.6) is 0 Å². The number of thiocarbonyl (C=S) groups is 1. The molecule has 17 heavy (non-hydrogen) atoms. The monoisotopic (exact) mass is 256 g/mol. The van der Waals surface area contributed by atoms with Gasteiger partial charge in [0, 0.05) is 18.5 Å². The van der Waals surface area contributed by atoms with Gasteiger partial charge < -0.3 is 10.6 Å². The van der Waals surface area contributed by atoms with E-state index in [-0.39, 0.29) is 0 Å². The van der Waals surface area contributed by atoms with Crippen LogP contribution in [0.4, 0.5) is 0 Å². The Hall–Kier alpha value is -0.150. The van der Waals surface area contributed by atoms with Crippen LogP contribution in [-0.2, 0) is 0 Å². The van der Waals surface area contributed by atoms with Gasteiger partial charge in [-0.3, -0.25) is 0 Å². The molecule has 2 nitrogen and oxygen atoms in total. The Morgan fingerprint density at radius 2 is 1.88 bits per heavy atom. The van der Waals surface area contributed by atoms with Crippen molar-refractivity contribution in [3.05, 3.63) is 0 Å². The fourth-order valence-electron chi connectivity index (χ4n) is 3.07. The van der Waals surface area contributed by atoms with E-state index in [0.29, 0.717) is 11.0 Å². The van der Waals surface area contributed by atoms with Gasteiger partial charge in [0.05, 0.1) is 4.99 Å². The number of nitrogens with zero attached hydrogens (tertiary/aromatic N) is 1. The van der Waals surface area contributed by atoms with Crippen molar-refractivity contribution in [3.63, 3.8) is 0 Å². The van der Waals surface area contributed by atoms with Crippen molar-refractivity contribution in [2.24, 2.45) is 11.7 Å². The molecule has 1 rings (SSSR count). The van der Waals surface area contributed by atoms with Gasteiger partial charge in [0.2, 0.25) is 0 Å². The zero-order valence-electron chi connectivity index (χ0n) is 11.6. The Balaban J connectivity index is 2.45. The number of hydrogen-bond acceptors (Lipinski definition) is 2. The van der Waals surface area contributed by atoms with Crippen LogP contribution in [0.25, 0.3) is 0 Å². The highest BCUT2D eigenvalue weighted by atomic mass is 32.1. The summed E-state index contributed by atoms with van der Waals surface area (Å²) in [6, 6.07) is 1.28. The summed E-state index contributed by atoms with van der Waals surface area (Å²) in [5.74, 6) is 0.968. The molecule has 1 aliphatic rings. The van der Waals surface area contributed by atoms with Crippen molar-refractivity contribution in [2.75, 3.05) is 7.05 Å². The summed E-state index contributed by atoms with van der Waals surface area (Å²) in [5.41, 5.74) is 5.68. The molecule has 3 heteroatoms. The summed E-state index contributed by atoms with van der Waals surface area (Å²) in [7, 11) is 2.25. The Morgan fingerprint density at radius 3 is 2.29 bits per heavy atom. The molecule has 0 aromatic heterocycles. The summed E-state index contributed by atoms with van der Waals surface area (Å²) in [4.78, 5) is 3.19. The lowest BCUT2D eigenvalue weighted by Gasteiger charge is -2.38. The lowest BCUT2D eigenvalue weighted by Crippen LogP contribution is -2.43. The average molecular weight is 256 g/mol. The summed E-state index contributed by atoms with van der Waals surface area (Å²) in [5, 5.41) is 0.